The van der Waals surface area contributed by atoms with E-state index < -0.39 is 0 Å². The highest BCUT2D eigenvalue weighted by Gasteiger charge is 2.30. The Labute approximate surface area is 187 Å². The van der Waals surface area contributed by atoms with Crippen molar-refractivity contribution >= 4 is 22.5 Å². The second-order valence-corrected chi connectivity index (χ2v) is 8.43. The molecule has 1 aliphatic rings. The van der Waals surface area contributed by atoms with Gasteiger partial charge in [0, 0.05) is 36.5 Å². The zero-order chi connectivity index (χ0) is 22.5. The number of likely N-dealkylation sites (tertiary alicyclic amines) is 1. The Kier molecular flexibility index (Phi) is 6.78. The molecule has 1 fully saturated rings. The molecule has 0 N–H and O–H groups in total. The standard InChI is InChI=1S/C26H29N3O3/c1-2-3-9-16-29-25(31)22-13-8-7-12-21(22)23(27-29)26(32)28-17-14-20(15-18-28)24(30)19-10-5-4-6-11-19/h4-8,10-13,20H,2-3,9,14-18H2,1H3. The van der Waals surface area contributed by atoms with E-state index in [1.165, 1.54) is 4.68 Å². The fraction of sp³-hybridized carbons (Fsp3) is 0.385. The Morgan fingerprint density at radius 1 is 0.938 bits per heavy atom. The first-order valence-electron chi connectivity index (χ1n) is 11.5. The zero-order valence-corrected chi connectivity index (χ0v) is 18.5. The molecule has 3 aromatic rings. The number of carbonyl (C=O) groups excluding carboxylic acids is 2. The third-order valence-corrected chi connectivity index (χ3v) is 6.26. The zero-order valence-electron chi connectivity index (χ0n) is 18.5. The molecule has 0 bridgehead atoms. The molecule has 32 heavy (non-hydrogen) atoms. The molecule has 166 valence electrons. The van der Waals surface area contributed by atoms with Crippen molar-refractivity contribution in [1.29, 1.82) is 0 Å². The minimum absolute atomic E-state index is 0.0749. The van der Waals surface area contributed by atoms with Crippen molar-refractivity contribution in [2.75, 3.05) is 13.1 Å². The first-order chi connectivity index (χ1) is 15.6. The van der Waals surface area contributed by atoms with E-state index in [0.717, 1.165) is 24.8 Å². The van der Waals surface area contributed by atoms with Gasteiger partial charge in [-0.2, -0.15) is 5.10 Å². The van der Waals surface area contributed by atoms with E-state index in [0.29, 0.717) is 48.9 Å². The number of amides is 1. The van der Waals surface area contributed by atoms with Crippen LogP contribution in [0, 0.1) is 5.92 Å². The highest BCUT2D eigenvalue weighted by atomic mass is 16.2. The van der Waals surface area contributed by atoms with Crippen LogP contribution in [0.15, 0.2) is 59.4 Å². The lowest BCUT2D eigenvalue weighted by Gasteiger charge is -2.31. The van der Waals surface area contributed by atoms with Gasteiger partial charge in [0.25, 0.3) is 11.5 Å². The molecule has 0 radical (unpaired) electrons. The number of ketones is 1. The van der Waals surface area contributed by atoms with Crippen LogP contribution in [0.3, 0.4) is 0 Å². The fourth-order valence-electron chi connectivity index (χ4n) is 4.39. The van der Waals surface area contributed by atoms with E-state index in [1.54, 1.807) is 17.0 Å². The fourth-order valence-corrected chi connectivity index (χ4v) is 4.39. The lowest BCUT2D eigenvalue weighted by molar-refractivity contribution is 0.0645. The summed E-state index contributed by atoms with van der Waals surface area (Å²) >= 11 is 0. The number of hydrogen-bond donors (Lipinski definition) is 0. The second kappa shape index (κ2) is 9.90. The average molecular weight is 432 g/mol. The normalized spacial score (nSPS) is 14.6. The van der Waals surface area contributed by atoms with Crippen LogP contribution in [0.5, 0.6) is 0 Å². The highest BCUT2D eigenvalue weighted by molar-refractivity contribution is 6.05. The summed E-state index contributed by atoms with van der Waals surface area (Å²) in [5.74, 6) is -0.101. The predicted molar refractivity (Wildman–Crippen MR) is 125 cm³/mol. The average Bonchev–Trinajstić information content (AvgIpc) is 2.85. The number of aromatic nitrogens is 2. The lowest BCUT2D eigenvalue weighted by atomic mass is 9.89. The summed E-state index contributed by atoms with van der Waals surface area (Å²) in [6.07, 6.45) is 4.17. The highest BCUT2D eigenvalue weighted by Crippen LogP contribution is 2.24. The van der Waals surface area contributed by atoms with Crippen LogP contribution in [0.4, 0.5) is 0 Å². The van der Waals surface area contributed by atoms with Crippen LogP contribution >= 0.6 is 0 Å². The third kappa shape index (κ3) is 4.49. The minimum atomic E-state index is -0.170. The van der Waals surface area contributed by atoms with Gasteiger partial charge >= 0.3 is 0 Å². The van der Waals surface area contributed by atoms with Crippen LogP contribution < -0.4 is 5.56 Å². The molecule has 4 rings (SSSR count). The summed E-state index contributed by atoms with van der Waals surface area (Å²) in [6.45, 7) is 3.63. The summed E-state index contributed by atoms with van der Waals surface area (Å²) < 4.78 is 1.44. The van der Waals surface area contributed by atoms with Gasteiger partial charge in [0.15, 0.2) is 11.5 Å². The number of carbonyl (C=O) groups is 2. The number of aryl methyl sites for hydroxylation is 1. The quantitative estimate of drug-likeness (QED) is 0.413. The molecule has 1 aromatic heterocycles. The van der Waals surface area contributed by atoms with Crippen LogP contribution in [0.2, 0.25) is 0 Å². The van der Waals surface area contributed by atoms with E-state index in [1.807, 2.05) is 42.5 Å². The van der Waals surface area contributed by atoms with Gasteiger partial charge in [0.1, 0.15) is 0 Å². The Bertz CT molecular complexity index is 1160. The SMILES string of the molecule is CCCCCn1nc(C(=O)N2CCC(C(=O)c3ccccc3)CC2)c2ccccc2c1=O. The van der Waals surface area contributed by atoms with Crippen molar-refractivity contribution in [2.45, 2.75) is 45.6 Å². The van der Waals surface area contributed by atoms with Crippen LogP contribution in [0.25, 0.3) is 10.8 Å². The van der Waals surface area contributed by atoms with Gasteiger partial charge in [-0.3, -0.25) is 14.4 Å². The van der Waals surface area contributed by atoms with Crippen molar-refractivity contribution in [1.82, 2.24) is 14.7 Å². The van der Waals surface area contributed by atoms with E-state index in [-0.39, 0.29) is 23.2 Å². The van der Waals surface area contributed by atoms with Crippen molar-refractivity contribution in [3.63, 3.8) is 0 Å². The van der Waals surface area contributed by atoms with E-state index in [2.05, 4.69) is 12.0 Å². The predicted octanol–water partition coefficient (Wildman–Crippen LogP) is 4.32. The molecular formula is C26H29N3O3. The smallest absolute Gasteiger partial charge is 0.274 e. The summed E-state index contributed by atoms with van der Waals surface area (Å²) in [7, 11) is 0. The number of fused-ring (bicyclic) bond motifs is 1. The first kappa shape index (κ1) is 21.9. The summed E-state index contributed by atoms with van der Waals surface area (Å²) in [4.78, 5) is 40.8. The number of Topliss-reactive ketones (excluding diaryl/α,β-unsaturated/α-hetero) is 1. The van der Waals surface area contributed by atoms with Gasteiger partial charge in [0.2, 0.25) is 0 Å². The van der Waals surface area contributed by atoms with Gasteiger partial charge in [-0.25, -0.2) is 4.68 Å². The summed E-state index contributed by atoms with van der Waals surface area (Å²) in [6, 6.07) is 16.5. The molecule has 0 saturated carbocycles. The number of piperidine rings is 1. The molecule has 2 heterocycles. The second-order valence-electron chi connectivity index (χ2n) is 8.43. The molecule has 6 nitrogen and oxygen atoms in total. The molecule has 6 heteroatoms. The number of unbranched alkanes of at least 4 members (excludes halogenated alkanes) is 2. The summed E-state index contributed by atoms with van der Waals surface area (Å²) in [5.41, 5.74) is 0.897. The maximum absolute atomic E-state index is 13.4. The number of hydrogen-bond acceptors (Lipinski definition) is 4. The number of nitrogens with zero attached hydrogens (tertiary/aromatic N) is 3. The Morgan fingerprint density at radius 2 is 1.59 bits per heavy atom. The maximum atomic E-state index is 13.4. The molecule has 0 aliphatic carbocycles. The molecular weight excluding hydrogens is 402 g/mol. The third-order valence-electron chi connectivity index (χ3n) is 6.26. The van der Waals surface area contributed by atoms with Crippen LogP contribution in [-0.2, 0) is 6.54 Å². The topological polar surface area (TPSA) is 72.3 Å². The summed E-state index contributed by atoms with van der Waals surface area (Å²) in [5, 5.41) is 5.61. The number of rotatable bonds is 7. The Balaban J connectivity index is 1.54. The van der Waals surface area contributed by atoms with Gasteiger partial charge < -0.3 is 4.90 Å². The molecule has 0 unspecified atom stereocenters. The van der Waals surface area contributed by atoms with Crippen molar-refractivity contribution < 1.29 is 9.59 Å². The molecule has 1 aliphatic heterocycles. The minimum Gasteiger partial charge on any atom is -0.337 e. The van der Waals surface area contributed by atoms with Crippen molar-refractivity contribution in [2.24, 2.45) is 5.92 Å². The van der Waals surface area contributed by atoms with E-state index in [4.69, 9.17) is 0 Å². The Morgan fingerprint density at radius 3 is 2.28 bits per heavy atom. The van der Waals surface area contributed by atoms with Gasteiger partial charge in [0.05, 0.1) is 5.39 Å². The molecule has 0 spiro atoms. The maximum Gasteiger partial charge on any atom is 0.274 e. The van der Waals surface area contributed by atoms with Crippen molar-refractivity contribution in [3.05, 3.63) is 76.2 Å². The van der Waals surface area contributed by atoms with Gasteiger partial charge in [-0.15, -0.1) is 0 Å². The van der Waals surface area contributed by atoms with Crippen LogP contribution in [0.1, 0.15) is 59.9 Å². The first-order valence-corrected chi connectivity index (χ1v) is 11.5. The van der Waals surface area contributed by atoms with Gasteiger partial charge in [-0.1, -0.05) is 68.3 Å². The molecule has 2 aromatic carbocycles. The largest absolute Gasteiger partial charge is 0.337 e. The lowest BCUT2D eigenvalue weighted by Crippen LogP contribution is -2.41. The van der Waals surface area contributed by atoms with Crippen molar-refractivity contribution in [3.8, 4) is 0 Å². The van der Waals surface area contributed by atoms with E-state index in [9.17, 15) is 14.4 Å². The molecule has 1 saturated heterocycles. The Hall–Kier alpha value is -3.28. The molecule has 1 amide bonds. The van der Waals surface area contributed by atoms with Crippen LogP contribution in [-0.4, -0.2) is 39.5 Å². The van der Waals surface area contributed by atoms with E-state index >= 15 is 0 Å². The molecule has 0 atom stereocenters. The monoisotopic (exact) mass is 431 g/mol. The van der Waals surface area contributed by atoms with Gasteiger partial charge in [-0.05, 0) is 25.3 Å². The number of benzene rings is 2.